The first-order chi connectivity index (χ1) is 15.5. The van der Waals surface area contributed by atoms with Crippen molar-refractivity contribution in [3.05, 3.63) is 54.1 Å². The first kappa shape index (κ1) is 19.6. The van der Waals surface area contributed by atoms with Crippen molar-refractivity contribution in [1.29, 1.82) is 0 Å². The molecule has 0 atom stereocenters. The molecule has 7 heteroatoms. The van der Waals surface area contributed by atoms with Gasteiger partial charge in [0.25, 0.3) is 0 Å². The molecule has 0 bridgehead atoms. The molecule has 164 valence electrons. The van der Waals surface area contributed by atoms with E-state index in [9.17, 15) is 0 Å². The molecule has 2 aliphatic heterocycles. The van der Waals surface area contributed by atoms with Crippen molar-refractivity contribution in [2.24, 2.45) is 0 Å². The summed E-state index contributed by atoms with van der Waals surface area (Å²) in [7, 11) is 2.21. The zero-order chi connectivity index (χ0) is 21.8. The predicted octanol–water partition coefficient (Wildman–Crippen LogP) is 3.00. The lowest BCUT2D eigenvalue weighted by atomic mass is 10.0. The van der Waals surface area contributed by atoms with E-state index in [1.165, 1.54) is 31.7 Å². The van der Waals surface area contributed by atoms with Crippen LogP contribution < -0.4 is 4.90 Å². The van der Waals surface area contributed by atoms with Gasteiger partial charge in [0, 0.05) is 62.0 Å². The molecule has 0 spiro atoms. The summed E-state index contributed by atoms with van der Waals surface area (Å²) in [5, 5.41) is 5.80. The van der Waals surface area contributed by atoms with E-state index in [-0.39, 0.29) is 0 Å². The van der Waals surface area contributed by atoms with Gasteiger partial charge in [-0.25, -0.2) is 9.50 Å². The predicted molar refractivity (Wildman–Crippen MR) is 128 cm³/mol. The molecule has 7 nitrogen and oxygen atoms in total. The second-order valence-electron chi connectivity index (χ2n) is 9.37. The first-order valence-electron chi connectivity index (χ1n) is 11.4. The molecule has 32 heavy (non-hydrogen) atoms. The maximum absolute atomic E-state index is 4.84. The van der Waals surface area contributed by atoms with Gasteiger partial charge in [-0.3, -0.25) is 9.88 Å². The lowest BCUT2D eigenvalue weighted by Gasteiger charge is -2.48. The van der Waals surface area contributed by atoms with E-state index in [0.29, 0.717) is 6.04 Å². The summed E-state index contributed by atoms with van der Waals surface area (Å²) in [6.45, 7) is 11.0. The van der Waals surface area contributed by atoms with Gasteiger partial charge in [-0.05, 0) is 44.2 Å². The van der Waals surface area contributed by atoms with E-state index in [1.807, 2.05) is 23.8 Å². The van der Waals surface area contributed by atoms with Gasteiger partial charge in [-0.15, -0.1) is 0 Å². The van der Waals surface area contributed by atoms with Crippen molar-refractivity contribution in [2.45, 2.75) is 19.9 Å². The van der Waals surface area contributed by atoms with Crippen LogP contribution in [0.25, 0.3) is 27.7 Å². The SMILES string of the molecule is Cc1ccc2c(-c3cnn4cc(N5CC(N6CCN(C)CC6)C5)cnc34)cc(C)nc2c1. The number of benzene rings is 1. The van der Waals surface area contributed by atoms with Crippen LogP contribution in [-0.2, 0) is 0 Å². The topological polar surface area (TPSA) is 52.8 Å². The molecule has 2 aliphatic rings. The van der Waals surface area contributed by atoms with Gasteiger partial charge in [0.2, 0.25) is 0 Å². The molecule has 2 saturated heterocycles. The fraction of sp³-hybridized carbons (Fsp3) is 0.400. The summed E-state index contributed by atoms with van der Waals surface area (Å²) in [4.78, 5) is 17.0. The Morgan fingerprint density at radius 2 is 1.75 bits per heavy atom. The van der Waals surface area contributed by atoms with E-state index in [0.717, 1.165) is 52.1 Å². The number of pyridine rings is 1. The largest absolute Gasteiger partial charge is 0.366 e. The smallest absolute Gasteiger partial charge is 0.162 e. The van der Waals surface area contributed by atoms with Crippen LogP contribution in [-0.4, -0.2) is 81.7 Å². The van der Waals surface area contributed by atoms with Crippen LogP contribution >= 0.6 is 0 Å². The molecule has 0 unspecified atom stereocenters. The zero-order valence-corrected chi connectivity index (χ0v) is 19.0. The Labute approximate surface area is 188 Å². The summed E-state index contributed by atoms with van der Waals surface area (Å²) in [6.07, 6.45) is 6.05. The van der Waals surface area contributed by atoms with Crippen molar-refractivity contribution in [2.75, 3.05) is 51.2 Å². The lowest BCUT2D eigenvalue weighted by molar-refractivity contribution is 0.0963. The van der Waals surface area contributed by atoms with Crippen LogP contribution in [0.5, 0.6) is 0 Å². The van der Waals surface area contributed by atoms with E-state index in [1.54, 1.807) is 0 Å². The summed E-state index contributed by atoms with van der Waals surface area (Å²) in [6, 6.07) is 9.23. The second kappa shape index (κ2) is 7.53. The van der Waals surface area contributed by atoms with E-state index >= 15 is 0 Å². The number of nitrogens with zero attached hydrogens (tertiary/aromatic N) is 7. The van der Waals surface area contributed by atoms with Crippen molar-refractivity contribution in [3.8, 4) is 11.1 Å². The lowest BCUT2D eigenvalue weighted by Crippen LogP contribution is -2.63. The number of hydrogen-bond donors (Lipinski definition) is 0. The number of hydrogen-bond acceptors (Lipinski definition) is 6. The highest BCUT2D eigenvalue weighted by atomic mass is 15.4. The molecule has 6 rings (SSSR count). The Balaban J connectivity index is 1.27. The van der Waals surface area contributed by atoms with Crippen molar-refractivity contribution in [1.82, 2.24) is 29.4 Å². The fourth-order valence-electron chi connectivity index (χ4n) is 5.00. The normalized spacial score (nSPS) is 18.5. The monoisotopic (exact) mass is 427 g/mol. The van der Waals surface area contributed by atoms with Gasteiger partial charge < -0.3 is 9.80 Å². The van der Waals surface area contributed by atoms with Gasteiger partial charge in [-0.1, -0.05) is 12.1 Å². The number of fused-ring (bicyclic) bond motifs is 2. The van der Waals surface area contributed by atoms with Gasteiger partial charge in [-0.2, -0.15) is 5.10 Å². The standard InChI is InChI=1S/C25H29N7/c1-17-4-5-21-22(11-18(2)28-24(21)10-17)23-13-27-32-16-19(12-26-25(23)32)31-14-20(15-31)30-8-6-29(3)7-9-30/h4-5,10-13,16,20H,6-9,14-15H2,1-3H3. The quantitative estimate of drug-likeness (QED) is 0.501. The third-order valence-electron chi connectivity index (χ3n) is 7.01. The molecular formula is C25H29N7. The maximum atomic E-state index is 4.84. The van der Waals surface area contributed by atoms with Gasteiger partial charge in [0.15, 0.2) is 5.65 Å². The number of rotatable bonds is 3. The highest BCUT2D eigenvalue weighted by molar-refractivity contribution is 5.98. The Hall–Kier alpha value is -3.03. The Bertz CT molecular complexity index is 1290. The highest BCUT2D eigenvalue weighted by Gasteiger charge is 2.33. The molecule has 0 N–H and O–H groups in total. The molecule has 2 fully saturated rings. The van der Waals surface area contributed by atoms with E-state index < -0.39 is 0 Å². The second-order valence-corrected chi connectivity index (χ2v) is 9.37. The number of anilines is 1. The summed E-state index contributed by atoms with van der Waals surface area (Å²) >= 11 is 0. The van der Waals surface area contributed by atoms with Crippen LogP contribution in [0.4, 0.5) is 5.69 Å². The number of aryl methyl sites for hydroxylation is 2. The van der Waals surface area contributed by atoms with Crippen LogP contribution in [0.2, 0.25) is 0 Å². The van der Waals surface area contributed by atoms with E-state index in [4.69, 9.17) is 9.97 Å². The number of aromatic nitrogens is 4. The average molecular weight is 428 g/mol. The molecule has 0 amide bonds. The summed E-state index contributed by atoms with van der Waals surface area (Å²) in [5.41, 5.74) is 7.46. The van der Waals surface area contributed by atoms with Gasteiger partial charge >= 0.3 is 0 Å². The fourth-order valence-corrected chi connectivity index (χ4v) is 5.00. The molecule has 1 aromatic carbocycles. The highest BCUT2D eigenvalue weighted by Crippen LogP contribution is 2.32. The summed E-state index contributed by atoms with van der Waals surface area (Å²) < 4.78 is 1.92. The van der Waals surface area contributed by atoms with Crippen LogP contribution in [0.3, 0.4) is 0 Å². The van der Waals surface area contributed by atoms with Crippen molar-refractivity contribution < 1.29 is 0 Å². The molecule has 5 heterocycles. The third-order valence-corrected chi connectivity index (χ3v) is 7.01. The number of likely N-dealkylation sites (N-methyl/N-ethyl adjacent to an activating group) is 1. The van der Waals surface area contributed by atoms with Gasteiger partial charge in [0.1, 0.15) is 0 Å². The Kier molecular flexibility index (Phi) is 4.62. The Morgan fingerprint density at radius 1 is 0.938 bits per heavy atom. The third kappa shape index (κ3) is 3.32. The van der Waals surface area contributed by atoms with Crippen LogP contribution in [0, 0.1) is 13.8 Å². The summed E-state index contributed by atoms with van der Waals surface area (Å²) in [5.74, 6) is 0. The minimum absolute atomic E-state index is 0.655. The van der Waals surface area contributed by atoms with Crippen LogP contribution in [0.1, 0.15) is 11.3 Å². The Morgan fingerprint density at radius 3 is 2.56 bits per heavy atom. The van der Waals surface area contributed by atoms with Gasteiger partial charge in [0.05, 0.1) is 29.8 Å². The minimum atomic E-state index is 0.655. The zero-order valence-electron chi connectivity index (χ0n) is 19.0. The minimum Gasteiger partial charge on any atom is -0.366 e. The molecular weight excluding hydrogens is 398 g/mol. The van der Waals surface area contributed by atoms with E-state index in [2.05, 4.69) is 64.2 Å². The van der Waals surface area contributed by atoms with Crippen molar-refractivity contribution in [3.63, 3.8) is 0 Å². The van der Waals surface area contributed by atoms with Crippen LogP contribution in [0.15, 0.2) is 42.9 Å². The molecule has 0 radical (unpaired) electrons. The van der Waals surface area contributed by atoms with Crippen molar-refractivity contribution >= 4 is 22.2 Å². The molecule has 4 aromatic rings. The molecule has 3 aromatic heterocycles. The first-order valence-corrected chi connectivity index (χ1v) is 11.4. The number of piperazine rings is 1. The maximum Gasteiger partial charge on any atom is 0.162 e. The average Bonchev–Trinajstić information content (AvgIpc) is 3.16. The molecule has 0 saturated carbocycles. The molecule has 0 aliphatic carbocycles.